The van der Waals surface area contributed by atoms with Gasteiger partial charge in [-0.25, -0.2) is 9.48 Å². The maximum atomic E-state index is 11.4. The molecule has 1 aliphatic rings. The minimum Gasteiger partial charge on any atom is -0.479 e. The smallest absolute Gasteiger partial charge is 0.331 e. The molecule has 0 aliphatic heterocycles. The van der Waals surface area contributed by atoms with Crippen molar-refractivity contribution in [3.05, 3.63) is 17.5 Å². The molecule has 0 amide bonds. The van der Waals surface area contributed by atoms with Crippen LogP contribution in [0, 0.1) is 0 Å². The number of hydrogen-bond donors (Lipinski definition) is 1. The van der Waals surface area contributed by atoms with Gasteiger partial charge in [-0.2, -0.15) is 0 Å². The first-order valence-corrected chi connectivity index (χ1v) is 6.18. The van der Waals surface area contributed by atoms with Gasteiger partial charge in [0.25, 0.3) is 0 Å². The van der Waals surface area contributed by atoms with Crippen molar-refractivity contribution in [3.63, 3.8) is 0 Å². The summed E-state index contributed by atoms with van der Waals surface area (Å²) in [4.78, 5) is 12.3. The molecule has 7 heteroatoms. The number of rotatable bonds is 3. The quantitative estimate of drug-likeness (QED) is 0.889. The molecule has 0 atom stereocenters. The molecule has 1 N–H and O–H groups in total. The molecule has 0 spiro atoms. The molecule has 0 bridgehead atoms. The zero-order chi connectivity index (χ0) is 11.9. The molecular formula is C10H10N4O2S. The van der Waals surface area contributed by atoms with E-state index in [0.29, 0.717) is 18.7 Å². The van der Waals surface area contributed by atoms with Crippen LogP contribution in [0.3, 0.4) is 0 Å². The Morgan fingerprint density at radius 1 is 1.53 bits per heavy atom. The number of carboxylic acids is 1. The normalized spacial score (nSPS) is 17.6. The van der Waals surface area contributed by atoms with Gasteiger partial charge in [-0.1, -0.05) is 6.07 Å². The van der Waals surface area contributed by atoms with Gasteiger partial charge < -0.3 is 5.11 Å². The molecule has 1 saturated carbocycles. The lowest BCUT2D eigenvalue weighted by atomic mass is 9.77. The Kier molecular flexibility index (Phi) is 2.22. The van der Waals surface area contributed by atoms with Crippen LogP contribution in [0.4, 0.5) is 0 Å². The van der Waals surface area contributed by atoms with Gasteiger partial charge in [0.05, 0.1) is 4.88 Å². The zero-order valence-electron chi connectivity index (χ0n) is 8.91. The predicted molar refractivity (Wildman–Crippen MR) is 60.6 cm³/mol. The van der Waals surface area contributed by atoms with E-state index in [-0.39, 0.29) is 0 Å². The number of aromatic nitrogens is 4. The van der Waals surface area contributed by atoms with E-state index in [2.05, 4.69) is 15.5 Å². The van der Waals surface area contributed by atoms with E-state index < -0.39 is 11.5 Å². The zero-order valence-corrected chi connectivity index (χ0v) is 9.72. The van der Waals surface area contributed by atoms with Crippen LogP contribution in [0.15, 0.2) is 17.5 Å². The van der Waals surface area contributed by atoms with Gasteiger partial charge in [-0.15, -0.1) is 16.4 Å². The van der Waals surface area contributed by atoms with Crippen molar-refractivity contribution >= 4 is 17.3 Å². The van der Waals surface area contributed by atoms with Crippen LogP contribution in [-0.4, -0.2) is 31.3 Å². The van der Waals surface area contributed by atoms with Gasteiger partial charge in [-0.05, 0) is 41.1 Å². The molecule has 3 rings (SSSR count). The summed E-state index contributed by atoms with van der Waals surface area (Å²) in [6, 6.07) is 3.79. The van der Waals surface area contributed by atoms with E-state index in [1.165, 1.54) is 16.0 Å². The topological polar surface area (TPSA) is 80.9 Å². The summed E-state index contributed by atoms with van der Waals surface area (Å²) >= 11 is 1.50. The fourth-order valence-corrected chi connectivity index (χ4v) is 2.76. The maximum absolute atomic E-state index is 11.4. The first kappa shape index (κ1) is 10.4. The molecule has 6 nitrogen and oxygen atoms in total. The molecule has 2 heterocycles. The average molecular weight is 250 g/mol. The lowest BCUT2D eigenvalue weighted by Gasteiger charge is -2.37. The fourth-order valence-electron chi connectivity index (χ4n) is 2.06. The van der Waals surface area contributed by atoms with Crippen molar-refractivity contribution in [1.29, 1.82) is 0 Å². The number of carbonyl (C=O) groups is 1. The van der Waals surface area contributed by atoms with Crippen molar-refractivity contribution in [3.8, 4) is 10.7 Å². The van der Waals surface area contributed by atoms with Gasteiger partial charge in [-0.3, -0.25) is 0 Å². The van der Waals surface area contributed by atoms with Gasteiger partial charge in [0.15, 0.2) is 11.4 Å². The predicted octanol–water partition coefficient (Wildman–Crippen LogP) is 1.37. The number of nitrogens with zero attached hydrogens (tertiary/aromatic N) is 4. The van der Waals surface area contributed by atoms with Crippen molar-refractivity contribution in [2.45, 2.75) is 24.8 Å². The summed E-state index contributed by atoms with van der Waals surface area (Å²) in [7, 11) is 0. The SMILES string of the molecule is O=C(O)C1(n2nnnc2-c2cccs2)CCC1. The van der Waals surface area contributed by atoms with Crippen LogP contribution in [0.1, 0.15) is 19.3 Å². The lowest BCUT2D eigenvalue weighted by Crippen LogP contribution is -2.48. The highest BCUT2D eigenvalue weighted by Crippen LogP contribution is 2.41. The first-order valence-electron chi connectivity index (χ1n) is 5.30. The largest absolute Gasteiger partial charge is 0.479 e. The molecule has 1 fully saturated rings. The summed E-state index contributed by atoms with van der Waals surface area (Å²) in [5.41, 5.74) is -0.942. The van der Waals surface area contributed by atoms with Crippen LogP contribution in [-0.2, 0) is 10.3 Å². The fraction of sp³-hybridized carbons (Fsp3) is 0.400. The Morgan fingerprint density at radius 3 is 2.88 bits per heavy atom. The van der Waals surface area contributed by atoms with Crippen molar-refractivity contribution in [1.82, 2.24) is 20.2 Å². The van der Waals surface area contributed by atoms with Gasteiger partial charge in [0.2, 0.25) is 0 Å². The third-order valence-electron chi connectivity index (χ3n) is 3.20. The van der Waals surface area contributed by atoms with E-state index in [1.54, 1.807) is 0 Å². The molecule has 17 heavy (non-hydrogen) atoms. The number of hydrogen-bond acceptors (Lipinski definition) is 5. The summed E-state index contributed by atoms with van der Waals surface area (Å²) in [6.07, 6.45) is 2.08. The molecular weight excluding hydrogens is 240 g/mol. The van der Waals surface area contributed by atoms with Crippen LogP contribution < -0.4 is 0 Å². The highest BCUT2D eigenvalue weighted by Gasteiger charge is 2.49. The second kappa shape index (κ2) is 3.63. The number of tetrazole rings is 1. The summed E-state index contributed by atoms with van der Waals surface area (Å²) < 4.78 is 1.46. The average Bonchev–Trinajstić information content (AvgIpc) is 2.82. The molecule has 0 saturated heterocycles. The molecule has 1 aliphatic carbocycles. The molecule has 88 valence electrons. The second-order valence-electron chi connectivity index (χ2n) is 4.08. The van der Waals surface area contributed by atoms with E-state index in [9.17, 15) is 9.90 Å². The summed E-state index contributed by atoms with van der Waals surface area (Å²) in [6.45, 7) is 0. The molecule has 2 aromatic heterocycles. The Hall–Kier alpha value is -1.76. The van der Waals surface area contributed by atoms with Crippen LogP contribution >= 0.6 is 11.3 Å². The highest BCUT2D eigenvalue weighted by atomic mass is 32.1. The Labute approximate surface area is 101 Å². The first-order chi connectivity index (χ1) is 8.24. The van der Waals surface area contributed by atoms with Crippen molar-refractivity contribution in [2.75, 3.05) is 0 Å². The highest BCUT2D eigenvalue weighted by molar-refractivity contribution is 7.13. The minimum atomic E-state index is -0.942. The van der Waals surface area contributed by atoms with E-state index >= 15 is 0 Å². The standard InChI is InChI=1S/C10H10N4O2S/c15-9(16)10(4-2-5-10)14-8(11-12-13-14)7-3-1-6-17-7/h1,3,6H,2,4-5H2,(H,15,16). The Morgan fingerprint density at radius 2 is 2.35 bits per heavy atom. The summed E-state index contributed by atoms with van der Waals surface area (Å²) in [5, 5.41) is 22.7. The number of carboxylic acid groups (broad SMARTS) is 1. The second-order valence-corrected chi connectivity index (χ2v) is 5.03. The molecule has 0 aromatic carbocycles. The van der Waals surface area contributed by atoms with Gasteiger partial charge in [0.1, 0.15) is 0 Å². The van der Waals surface area contributed by atoms with Crippen molar-refractivity contribution < 1.29 is 9.90 Å². The van der Waals surface area contributed by atoms with Gasteiger partial charge >= 0.3 is 5.97 Å². The molecule has 0 unspecified atom stereocenters. The van der Waals surface area contributed by atoms with Crippen LogP contribution in [0.5, 0.6) is 0 Å². The van der Waals surface area contributed by atoms with E-state index in [0.717, 1.165) is 11.3 Å². The number of aliphatic carboxylic acids is 1. The third kappa shape index (κ3) is 1.39. The lowest BCUT2D eigenvalue weighted by molar-refractivity contribution is -0.153. The minimum absolute atomic E-state index is 0.544. The third-order valence-corrected chi connectivity index (χ3v) is 4.06. The number of thiophene rings is 1. The Bertz CT molecular complexity index is 544. The van der Waals surface area contributed by atoms with Crippen LogP contribution in [0.25, 0.3) is 10.7 Å². The van der Waals surface area contributed by atoms with Crippen molar-refractivity contribution in [2.24, 2.45) is 0 Å². The van der Waals surface area contributed by atoms with Gasteiger partial charge in [0, 0.05) is 0 Å². The molecule has 2 aromatic rings. The monoisotopic (exact) mass is 250 g/mol. The van der Waals surface area contributed by atoms with Crippen LogP contribution in [0.2, 0.25) is 0 Å². The van der Waals surface area contributed by atoms with E-state index in [1.807, 2.05) is 17.5 Å². The van der Waals surface area contributed by atoms with E-state index in [4.69, 9.17) is 0 Å². The summed E-state index contributed by atoms with van der Waals surface area (Å²) in [5.74, 6) is -0.309. The maximum Gasteiger partial charge on any atom is 0.331 e. The Balaban J connectivity index is 2.10. The molecule has 0 radical (unpaired) electrons.